The molecule has 0 amide bonds. The molecule has 2 saturated heterocycles. The van der Waals surface area contributed by atoms with Crippen molar-refractivity contribution in [3.05, 3.63) is 59.9 Å². The van der Waals surface area contributed by atoms with Crippen molar-refractivity contribution in [2.45, 2.75) is 32.4 Å². The lowest BCUT2D eigenvalue weighted by atomic mass is 9.77. The lowest BCUT2D eigenvalue weighted by Crippen LogP contribution is -2.41. The van der Waals surface area contributed by atoms with E-state index in [1.54, 1.807) is 0 Å². The third-order valence-electron chi connectivity index (χ3n) is 5.92. The summed E-state index contributed by atoms with van der Waals surface area (Å²) >= 11 is 0. The molecule has 0 unspecified atom stereocenters. The standard InChI is InChI=1S/C21H27N3O/c25-16-19-14-20(6-10-22-19)24-12-8-21(9-13-24)7-11-23(17-21)15-18-4-2-1-3-5-18/h1-6,10,14,25H,7-9,11-13,15-17H2. The molecule has 1 N–H and O–H groups in total. The van der Waals surface area contributed by atoms with Crippen molar-refractivity contribution in [2.24, 2.45) is 5.41 Å². The summed E-state index contributed by atoms with van der Waals surface area (Å²) in [6.07, 6.45) is 5.65. The number of aromatic nitrogens is 1. The number of nitrogens with zero attached hydrogens (tertiary/aromatic N) is 3. The summed E-state index contributed by atoms with van der Waals surface area (Å²) < 4.78 is 0. The molecule has 2 aliphatic rings. The van der Waals surface area contributed by atoms with Gasteiger partial charge in [0.05, 0.1) is 12.3 Å². The van der Waals surface area contributed by atoms with E-state index in [1.165, 1.54) is 43.6 Å². The highest BCUT2D eigenvalue weighted by Gasteiger charge is 2.40. The summed E-state index contributed by atoms with van der Waals surface area (Å²) in [6, 6.07) is 14.9. The molecule has 132 valence electrons. The minimum absolute atomic E-state index is 0.0140. The molecular formula is C21H27N3O. The molecule has 4 nitrogen and oxygen atoms in total. The van der Waals surface area contributed by atoms with Gasteiger partial charge in [-0.2, -0.15) is 0 Å². The lowest BCUT2D eigenvalue weighted by Gasteiger charge is -2.40. The highest BCUT2D eigenvalue weighted by atomic mass is 16.3. The zero-order valence-corrected chi connectivity index (χ0v) is 14.8. The second kappa shape index (κ2) is 7.14. The second-order valence-corrected chi connectivity index (χ2v) is 7.60. The van der Waals surface area contributed by atoms with E-state index in [0.717, 1.165) is 25.3 Å². The molecule has 1 aromatic heterocycles. The fourth-order valence-electron chi connectivity index (χ4n) is 4.40. The van der Waals surface area contributed by atoms with E-state index in [-0.39, 0.29) is 6.61 Å². The Morgan fingerprint density at radius 2 is 1.76 bits per heavy atom. The number of benzene rings is 1. The minimum Gasteiger partial charge on any atom is -0.390 e. The third-order valence-corrected chi connectivity index (χ3v) is 5.92. The first-order valence-electron chi connectivity index (χ1n) is 9.33. The van der Waals surface area contributed by atoms with Crippen molar-refractivity contribution in [3.63, 3.8) is 0 Å². The maximum Gasteiger partial charge on any atom is 0.0853 e. The van der Waals surface area contributed by atoms with Crippen molar-refractivity contribution in [1.82, 2.24) is 9.88 Å². The van der Waals surface area contributed by atoms with Crippen molar-refractivity contribution >= 4 is 5.69 Å². The van der Waals surface area contributed by atoms with E-state index < -0.39 is 0 Å². The Morgan fingerprint density at radius 1 is 1.00 bits per heavy atom. The molecule has 2 aromatic rings. The number of aliphatic hydroxyl groups is 1. The first-order valence-corrected chi connectivity index (χ1v) is 9.33. The Balaban J connectivity index is 1.35. The molecular weight excluding hydrogens is 310 g/mol. The number of aliphatic hydroxyl groups excluding tert-OH is 1. The summed E-state index contributed by atoms with van der Waals surface area (Å²) in [6.45, 7) is 5.76. The fourth-order valence-corrected chi connectivity index (χ4v) is 4.40. The molecule has 1 spiro atoms. The van der Waals surface area contributed by atoms with Crippen LogP contribution in [-0.2, 0) is 13.2 Å². The summed E-state index contributed by atoms with van der Waals surface area (Å²) in [4.78, 5) is 9.27. The summed E-state index contributed by atoms with van der Waals surface area (Å²) in [7, 11) is 0. The van der Waals surface area contributed by atoms with Crippen LogP contribution in [0.4, 0.5) is 5.69 Å². The van der Waals surface area contributed by atoms with E-state index in [1.807, 2.05) is 12.3 Å². The smallest absolute Gasteiger partial charge is 0.0853 e. The Hall–Kier alpha value is -1.91. The van der Waals surface area contributed by atoms with Gasteiger partial charge in [-0.25, -0.2) is 0 Å². The molecule has 0 bridgehead atoms. The maximum atomic E-state index is 9.29. The van der Waals surface area contributed by atoms with Gasteiger partial charge in [-0.3, -0.25) is 9.88 Å². The SMILES string of the molecule is OCc1cc(N2CCC3(CCN(Cc4ccccc4)C3)CC2)ccn1. The molecule has 25 heavy (non-hydrogen) atoms. The van der Waals surface area contributed by atoms with Crippen LogP contribution in [0.2, 0.25) is 0 Å². The van der Waals surface area contributed by atoms with Gasteiger partial charge in [-0.1, -0.05) is 30.3 Å². The van der Waals surface area contributed by atoms with E-state index in [2.05, 4.69) is 51.2 Å². The Morgan fingerprint density at radius 3 is 2.52 bits per heavy atom. The number of piperidine rings is 1. The van der Waals surface area contributed by atoms with Crippen LogP contribution >= 0.6 is 0 Å². The fraction of sp³-hybridized carbons (Fsp3) is 0.476. The quantitative estimate of drug-likeness (QED) is 0.931. The van der Waals surface area contributed by atoms with E-state index in [9.17, 15) is 5.11 Å². The van der Waals surface area contributed by atoms with Crippen molar-refractivity contribution in [3.8, 4) is 0 Å². The summed E-state index contributed by atoms with van der Waals surface area (Å²) in [5.74, 6) is 0. The summed E-state index contributed by atoms with van der Waals surface area (Å²) in [5, 5.41) is 9.29. The van der Waals surface area contributed by atoms with Gasteiger partial charge < -0.3 is 10.0 Å². The molecule has 0 saturated carbocycles. The van der Waals surface area contributed by atoms with E-state index >= 15 is 0 Å². The van der Waals surface area contributed by atoms with E-state index in [0.29, 0.717) is 5.41 Å². The van der Waals surface area contributed by atoms with E-state index in [4.69, 9.17) is 0 Å². The van der Waals surface area contributed by atoms with Crippen LogP contribution in [0.1, 0.15) is 30.5 Å². The van der Waals surface area contributed by atoms with Crippen LogP contribution in [-0.4, -0.2) is 41.2 Å². The van der Waals surface area contributed by atoms with Crippen LogP contribution in [0.3, 0.4) is 0 Å². The topological polar surface area (TPSA) is 39.6 Å². The molecule has 2 fully saturated rings. The normalized spacial score (nSPS) is 20.3. The Labute approximate surface area is 150 Å². The monoisotopic (exact) mass is 337 g/mol. The van der Waals surface area contributed by atoms with Crippen LogP contribution < -0.4 is 4.90 Å². The van der Waals surface area contributed by atoms with Crippen molar-refractivity contribution in [1.29, 1.82) is 0 Å². The number of hydrogen-bond acceptors (Lipinski definition) is 4. The van der Waals surface area contributed by atoms with Crippen LogP contribution in [0.15, 0.2) is 48.7 Å². The molecule has 0 radical (unpaired) electrons. The predicted octanol–water partition coefficient (Wildman–Crippen LogP) is 3.07. The molecule has 0 aliphatic carbocycles. The van der Waals surface area contributed by atoms with Crippen molar-refractivity contribution < 1.29 is 5.11 Å². The molecule has 4 rings (SSSR count). The first kappa shape index (κ1) is 16.6. The average molecular weight is 337 g/mol. The van der Waals surface area contributed by atoms with Gasteiger partial charge >= 0.3 is 0 Å². The average Bonchev–Trinajstić information content (AvgIpc) is 3.05. The zero-order chi connectivity index (χ0) is 17.1. The van der Waals surface area contributed by atoms with Crippen LogP contribution in [0.5, 0.6) is 0 Å². The van der Waals surface area contributed by atoms with Gasteiger partial charge in [0.1, 0.15) is 0 Å². The zero-order valence-electron chi connectivity index (χ0n) is 14.8. The lowest BCUT2D eigenvalue weighted by molar-refractivity contribution is 0.206. The predicted molar refractivity (Wildman–Crippen MR) is 100 cm³/mol. The highest BCUT2D eigenvalue weighted by Crippen LogP contribution is 2.41. The van der Waals surface area contributed by atoms with Gasteiger partial charge in [0.25, 0.3) is 0 Å². The second-order valence-electron chi connectivity index (χ2n) is 7.60. The van der Waals surface area contributed by atoms with Crippen LogP contribution in [0.25, 0.3) is 0 Å². The molecule has 3 heterocycles. The maximum absolute atomic E-state index is 9.29. The number of likely N-dealkylation sites (tertiary alicyclic amines) is 1. The van der Waals surface area contributed by atoms with Gasteiger partial charge in [-0.15, -0.1) is 0 Å². The molecule has 2 aliphatic heterocycles. The number of anilines is 1. The molecule has 0 atom stereocenters. The number of hydrogen-bond donors (Lipinski definition) is 1. The van der Waals surface area contributed by atoms with Gasteiger partial charge in [0, 0.05) is 38.1 Å². The van der Waals surface area contributed by atoms with Crippen LogP contribution in [0, 0.1) is 5.41 Å². The highest BCUT2D eigenvalue weighted by molar-refractivity contribution is 5.47. The molecule has 1 aromatic carbocycles. The Bertz CT molecular complexity index is 695. The third kappa shape index (κ3) is 3.70. The minimum atomic E-state index is 0.0140. The summed E-state index contributed by atoms with van der Waals surface area (Å²) in [5.41, 5.74) is 3.88. The first-order chi connectivity index (χ1) is 12.3. The Kier molecular flexibility index (Phi) is 4.73. The van der Waals surface area contributed by atoms with Crippen molar-refractivity contribution in [2.75, 3.05) is 31.1 Å². The largest absolute Gasteiger partial charge is 0.390 e. The molecule has 4 heteroatoms. The van der Waals surface area contributed by atoms with Gasteiger partial charge in [0.15, 0.2) is 0 Å². The van der Waals surface area contributed by atoms with Gasteiger partial charge in [-0.05, 0) is 48.9 Å². The number of rotatable bonds is 4. The number of pyridine rings is 1. The van der Waals surface area contributed by atoms with Gasteiger partial charge in [0.2, 0.25) is 0 Å².